The summed E-state index contributed by atoms with van der Waals surface area (Å²) in [5.74, 6) is 1.36. The average Bonchev–Trinajstić information content (AvgIpc) is 3.07. The molecular formula is C18H22N4O3. The van der Waals surface area contributed by atoms with E-state index in [1.807, 2.05) is 44.2 Å². The fourth-order valence-corrected chi connectivity index (χ4v) is 2.62. The highest BCUT2D eigenvalue weighted by Crippen LogP contribution is 2.18. The highest BCUT2D eigenvalue weighted by molar-refractivity contribution is 5.90. The summed E-state index contributed by atoms with van der Waals surface area (Å²) in [4.78, 5) is 14.0. The number of nitrogens with zero attached hydrogens (tertiary/aromatic N) is 2. The zero-order valence-corrected chi connectivity index (χ0v) is 14.4. The molecule has 132 valence electrons. The maximum absolute atomic E-state index is 11.9. The molecule has 2 amide bonds. The normalized spacial score (nSPS) is 14.7. The molecule has 2 aromatic rings. The molecular weight excluding hydrogens is 320 g/mol. The zero-order chi connectivity index (χ0) is 17.6. The van der Waals surface area contributed by atoms with Crippen molar-refractivity contribution in [2.75, 3.05) is 36.5 Å². The number of amides is 2. The Morgan fingerprint density at radius 1 is 1.20 bits per heavy atom. The first-order valence-electron chi connectivity index (χ1n) is 8.21. The minimum Gasteiger partial charge on any atom is -0.440 e. The van der Waals surface area contributed by atoms with E-state index >= 15 is 0 Å². The lowest BCUT2D eigenvalue weighted by molar-refractivity contribution is 0.120. The number of furan rings is 1. The van der Waals surface area contributed by atoms with Gasteiger partial charge in [0, 0.05) is 24.8 Å². The van der Waals surface area contributed by atoms with Gasteiger partial charge in [-0.25, -0.2) is 10.2 Å². The van der Waals surface area contributed by atoms with Crippen LogP contribution in [0, 0.1) is 13.8 Å². The molecule has 1 saturated heterocycles. The predicted octanol–water partition coefficient (Wildman–Crippen LogP) is 2.89. The second-order valence-electron chi connectivity index (χ2n) is 5.92. The lowest BCUT2D eigenvalue weighted by Gasteiger charge is -2.26. The van der Waals surface area contributed by atoms with Crippen LogP contribution in [0.4, 0.5) is 16.4 Å². The van der Waals surface area contributed by atoms with Crippen LogP contribution in [0.5, 0.6) is 0 Å². The second kappa shape index (κ2) is 7.85. The number of morpholine rings is 1. The molecule has 2 heterocycles. The molecule has 1 fully saturated rings. The van der Waals surface area contributed by atoms with Gasteiger partial charge in [-0.05, 0) is 31.5 Å². The number of nitrogens with one attached hydrogen (secondary N) is 2. The van der Waals surface area contributed by atoms with Crippen molar-refractivity contribution in [2.45, 2.75) is 13.8 Å². The Labute approximate surface area is 146 Å². The zero-order valence-electron chi connectivity index (χ0n) is 14.4. The van der Waals surface area contributed by atoms with Crippen molar-refractivity contribution < 1.29 is 13.9 Å². The molecule has 1 aliphatic heterocycles. The molecule has 7 nitrogen and oxygen atoms in total. The first-order valence-corrected chi connectivity index (χ1v) is 8.21. The van der Waals surface area contributed by atoms with Gasteiger partial charge in [-0.2, -0.15) is 5.10 Å². The van der Waals surface area contributed by atoms with E-state index in [2.05, 4.69) is 20.7 Å². The second-order valence-corrected chi connectivity index (χ2v) is 5.92. The number of carbonyl (C=O) groups excluding carboxylic acids is 1. The number of anilines is 2. The summed E-state index contributed by atoms with van der Waals surface area (Å²) < 4.78 is 11.0. The van der Waals surface area contributed by atoms with E-state index in [4.69, 9.17) is 9.15 Å². The molecule has 0 bridgehead atoms. The fourth-order valence-electron chi connectivity index (χ4n) is 2.62. The smallest absolute Gasteiger partial charge is 0.339 e. The minimum absolute atomic E-state index is 0.400. The minimum atomic E-state index is -0.400. The number of rotatable bonds is 4. The highest BCUT2D eigenvalue weighted by Gasteiger charge is 2.14. The first-order chi connectivity index (χ1) is 12.1. The Morgan fingerprint density at radius 3 is 2.76 bits per heavy atom. The number of urea groups is 1. The van der Waals surface area contributed by atoms with Crippen LogP contribution in [0.2, 0.25) is 0 Å². The van der Waals surface area contributed by atoms with Gasteiger partial charge in [0.15, 0.2) is 5.88 Å². The van der Waals surface area contributed by atoms with Crippen molar-refractivity contribution in [3.05, 3.63) is 47.2 Å². The van der Waals surface area contributed by atoms with Gasteiger partial charge in [0.25, 0.3) is 0 Å². The largest absolute Gasteiger partial charge is 0.440 e. The van der Waals surface area contributed by atoms with Crippen LogP contribution < -0.4 is 15.6 Å². The average molecular weight is 342 g/mol. The molecule has 0 unspecified atom stereocenters. The van der Waals surface area contributed by atoms with Crippen molar-refractivity contribution in [2.24, 2.45) is 5.10 Å². The molecule has 0 saturated carbocycles. The monoisotopic (exact) mass is 342 g/mol. The van der Waals surface area contributed by atoms with Crippen LogP contribution in [-0.4, -0.2) is 38.5 Å². The van der Waals surface area contributed by atoms with E-state index in [1.54, 1.807) is 0 Å². The molecule has 7 heteroatoms. The van der Waals surface area contributed by atoms with Crippen LogP contribution >= 0.6 is 0 Å². The van der Waals surface area contributed by atoms with Crippen molar-refractivity contribution in [1.29, 1.82) is 0 Å². The van der Waals surface area contributed by atoms with E-state index < -0.39 is 6.03 Å². The van der Waals surface area contributed by atoms with Crippen molar-refractivity contribution in [3.63, 3.8) is 0 Å². The third-order valence-corrected chi connectivity index (χ3v) is 3.92. The molecule has 1 aromatic carbocycles. The number of carbonyl (C=O) groups is 1. The first kappa shape index (κ1) is 17.0. The third kappa shape index (κ3) is 4.60. The Morgan fingerprint density at radius 2 is 2.00 bits per heavy atom. The van der Waals surface area contributed by atoms with E-state index in [0.717, 1.165) is 35.8 Å². The quantitative estimate of drug-likeness (QED) is 0.661. The summed E-state index contributed by atoms with van der Waals surface area (Å²) >= 11 is 0. The third-order valence-electron chi connectivity index (χ3n) is 3.92. The summed E-state index contributed by atoms with van der Waals surface area (Å²) in [6.07, 6.45) is 1.48. The van der Waals surface area contributed by atoms with Crippen LogP contribution in [0.3, 0.4) is 0 Å². The Bertz CT molecular complexity index is 763. The number of hydrazone groups is 1. The van der Waals surface area contributed by atoms with Gasteiger partial charge in [-0.3, -0.25) is 0 Å². The molecule has 1 aliphatic rings. The summed E-state index contributed by atoms with van der Waals surface area (Å²) in [7, 11) is 0. The molecule has 0 spiro atoms. The SMILES string of the molecule is Cc1ccc(NC(=O)N/N=C/c2ccc(N3CCOCC3)o2)c(C)c1. The van der Waals surface area contributed by atoms with Gasteiger partial charge < -0.3 is 19.4 Å². The standard InChI is InChI=1S/C18H22N4O3/c1-13-3-5-16(14(2)11-13)20-18(23)21-19-12-15-4-6-17(25-15)22-7-9-24-10-8-22/h3-6,11-12H,7-10H2,1-2H3,(H2,20,21,23)/b19-12+. The number of ether oxygens (including phenoxy) is 1. The summed E-state index contributed by atoms with van der Waals surface area (Å²) in [6.45, 7) is 6.97. The van der Waals surface area contributed by atoms with Gasteiger partial charge >= 0.3 is 6.03 Å². The van der Waals surface area contributed by atoms with Gasteiger partial charge in [0.1, 0.15) is 5.76 Å². The number of hydrogen-bond acceptors (Lipinski definition) is 5. The number of hydrogen-bond donors (Lipinski definition) is 2. The van der Waals surface area contributed by atoms with E-state index in [0.29, 0.717) is 19.0 Å². The van der Waals surface area contributed by atoms with Crippen molar-refractivity contribution in [3.8, 4) is 0 Å². The summed E-state index contributed by atoms with van der Waals surface area (Å²) in [5.41, 5.74) is 5.34. The lowest BCUT2D eigenvalue weighted by atomic mass is 10.1. The lowest BCUT2D eigenvalue weighted by Crippen LogP contribution is -2.35. The molecule has 0 radical (unpaired) electrons. The van der Waals surface area contributed by atoms with Gasteiger partial charge in [0.2, 0.25) is 0 Å². The summed E-state index contributed by atoms with van der Waals surface area (Å²) in [6, 6.07) is 9.13. The van der Waals surface area contributed by atoms with E-state index in [1.165, 1.54) is 6.21 Å². The maximum Gasteiger partial charge on any atom is 0.339 e. The fraction of sp³-hybridized carbons (Fsp3) is 0.333. The predicted molar refractivity (Wildman–Crippen MR) is 97.4 cm³/mol. The van der Waals surface area contributed by atoms with Gasteiger partial charge in [-0.1, -0.05) is 17.7 Å². The molecule has 0 atom stereocenters. The molecule has 3 rings (SSSR count). The number of benzene rings is 1. The number of aryl methyl sites for hydroxylation is 2. The van der Waals surface area contributed by atoms with Crippen molar-refractivity contribution in [1.82, 2.24) is 5.43 Å². The summed E-state index contributed by atoms with van der Waals surface area (Å²) in [5, 5.41) is 6.68. The van der Waals surface area contributed by atoms with Crippen LogP contribution in [0.25, 0.3) is 0 Å². The Kier molecular flexibility index (Phi) is 5.35. The Hall–Kier alpha value is -2.80. The molecule has 25 heavy (non-hydrogen) atoms. The van der Waals surface area contributed by atoms with E-state index in [-0.39, 0.29) is 0 Å². The topological polar surface area (TPSA) is 79.1 Å². The van der Waals surface area contributed by atoms with Crippen LogP contribution in [0.15, 0.2) is 39.9 Å². The van der Waals surface area contributed by atoms with Crippen molar-refractivity contribution >= 4 is 23.8 Å². The molecule has 0 aliphatic carbocycles. The maximum atomic E-state index is 11.9. The molecule has 1 aromatic heterocycles. The Balaban J connectivity index is 1.52. The van der Waals surface area contributed by atoms with Gasteiger partial charge in [-0.15, -0.1) is 0 Å². The molecule has 2 N–H and O–H groups in total. The highest BCUT2D eigenvalue weighted by atomic mass is 16.5. The van der Waals surface area contributed by atoms with Gasteiger partial charge in [0.05, 0.1) is 19.4 Å². The van der Waals surface area contributed by atoms with Crippen LogP contribution in [0.1, 0.15) is 16.9 Å². The van der Waals surface area contributed by atoms with E-state index in [9.17, 15) is 4.79 Å². The van der Waals surface area contributed by atoms with Crippen LogP contribution in [-0.2, 0) is 4.74 Å².